The van der Waals surface area contributed by atoms with E-state index in [1.54, 1.807) is 18.6 Å². The quantitative estimate of drug-likeness (QED) is 0.493. The number of amides is 2. The third-order valence-electron chi connectivity index (χ3n) is 3.95. The number of halogens is 1. The molecule has 0 fully saturated rings. The second-order valence-electron chi connectivity index (χ2n) is 6.15. The first-order valence-electron chi connectivity index (χ1n) is 7.69. The Labute approximate surface area is 140 Å². The van der Waals surface area contributed by atoms with Crippen LogP contribution >= 0.6 is 0 Å². The van der Waals surface area contributed by atoms with Gasteiger partial charge in [-0.3, -0.25) is 9.59 Å². The summed E-state index contributed by atoms with van der Waals surface area (Å²) in [6.45, 7) is 1.26. The highest BCUT2D eigenvalue weighted by molar-refractivity contribution is 5.82. The first kappa shape index (κ1) is 20.1. The lowest BCUT2D eigenvalue weighted by atomic mass is 9.88. The van der Waals surface area contributed by atoms with Crippen molar-refractivity contribution in [3.63, 3.8) is 0 Å². The average Bonchev–Trinajstić information content (AvgIpc) is 2.49. The minimum Gasteiger partial charge on any atom is -0.393 e. The maximum absolute atomic E-state index is 13.1. The van der Waals surface area contributed by atoms with Crippen molar-refractivity contribution >= 4 is 11.8 Å². The molecule has 0 aliphatic carbocycles. The second kappa shape index (κ2) is 8.75. The van der Waals surface area contributed by atoms with E-state index in [2.05, 4.69) is 0 Å². The van der Waals surface area contributed by atoms with Gasteiger partial charge in [-0.05, 0) is 56.7 Å². The largest absolute Gasteiger partial charge is 0.393 e. The van der Waals surface area contributed by atoms with Gasteiger partial charge in [-0.25, -0.2) is 4.39 Å². The maximum Gasteiger partial charge on any atom is 0.249 e. The van der Waals surface area contributed by atoms with E-state index in [4.69, 9.17) is 11.5 Å². The summed E-state index contributed by atoms with van der Waals surface area (Å²) in [5.41, 5.74) is 9.34. The maximum atomic E-state index is 13.1. The number of rotatable bonds is 10. The zero-order valence-corrected chi connectivity index (χ0v) is 13.6. The fourth-order valence-corrected chi connectivity index (χ4v) is 2.28. The molecule has 0 aromatic heterocycles. The van der Waals surface area contributed by atoms with Crippen LogP contribution in [0.25, 0.3) is 0 Å². The third-order valence-corrected chi connectivity index (χ3v) is 3.95. The molecule has 7 heteroatoms. The summed E-state index contributed by atoms with van der Waals surface area (Å²) in [6.07, 6.45) is 1.10. The van der Waals surface area contributed by atoms with Crippen LogP contribution in [0.15, 0.2) is 24.3 Å². The molecule has 0 bridgehead atoms. The molecule has 1 aromatic carbocycles. The van der Waals surface area contributed by atoms with Crippen molar-refractivity contribution in [2.24, 2.45) is 17.4 Å². The van der Waals surface area contributed by atoms with Gasteiger partial charge in [-0.1, -0.05) is 12.1 Å². The summed E-state index contributed by atoms with van der Waals surface area (Å²) in [5, 5.41) is 19.8. The molecule has 2 amide bonds. The van der Waals surface area contributed by atoms with E-state index in [1.807, 2.05) is 0 Å². The van der Waals surface area contributed by atoms with Gasteiger partial charge in [-0.2, -0.15) is 0 Å². The fourth-order valence-electron chi connectivity index (χ4n) is 2.28. The number of benzene rings is 1. The molecule has 0 saturated heterocycles. The highest BCUT2D eigenvalue weighted by Crippen LogP contribution is 2.21. The van der Waals surface area contributed by atoms with Crippen LogP contribution < -0.4 is 11.5 Å². The van der Waals surface area contributed by atoms with E-state index in [-0.39, 0.29) is 25.1 Å². The van der Waals surface area contributed by atoms with E-state index in [0.29, 0.717) is 12.0 Å². The van der Waals surface area contributed by atoms with Crippen molar-refractivity contribution in [1.82, 2.24) is 0 Å². The average molecular weight is 339 g/mol. The number of carbonyl (C=O) groups is 2. The number of primary amides is 2. The summed E-state index contributed by atoms with van der Waals surface area (Å²) in [4.78, 5) is 22.6. The lowest BCUT2D eigenvalue weighted by Gasteiger charge is -2.23. The lowest BCUT2D eigenvalue weighted by Crippen LogP contribution is -2.42. The molecule has 0 aliphatic heterocycles. The summed E-state index contributed by atoms with van der Waals surface area (Å²) in [6, 6.07) is 5.98. The molecule has 3 atom stereocenters. The smallest absolute Gasteiger partial charge is 0.249 e. The molecule has 1 radical (unpaired) electrons. The van der Waals surface area contributed by atoms with Crippen LogP contribution in [0.1, 0.15) is 31.7 Å². The molecule has 1 aromatic rings. The monoisotopic (exact) mass is 339 g/mol. The Morgan fingerprint density at radius 1 is 1.38 bits per heavy atom. The highest BCUT2D eigenvalue weighted by Gasteiger charge is 2.30. The van der Waals surface area contributed by atoms with Crippen LogP contribution in [0, 0.1) is 18.2 Å². The van der Waals surface area contributed by atoms with Gasteiger partial charge >= 0.3 is 0 Å². The Kier molecular flexibility index (Phi) is 7.31. The van der Waals surface area contributed by atoms with Gasteiger partial charge in [0.25, 0.3) is 0 Å². The predicted molar refractivity (Wildman–Crippen MR) is 86.8 cm³/mol. The molecular formula is C17H24FN2O4. The summed E-state index contributed by atoms with van der Waals surface area (Å²) in [7, 11) is 0. The summed E-state index contributed by atoms with van der Waals surface area (Å²) < 4.78 is 13.1. The molecule has 1 rings (SSSR count). The Balaban J connectivity index is 2.52. The molecule has 0 aliphatic rings. The number of aliphatic hydroxyl groups excluding tert-OH is 1. The van der Waals surface area contributed by atoms with Gasteiger partial charge in [0.15, 0.2) is 0 Å². The van der Waals surface area contributed by atoms with Crippen molar-refractivity contribution in [3.8, 4) is 0 Å². The van der Waals surface area contributed by atoms with Crippen LogP contribution in [0.5, 0.6) is 0 Å². The van der Waals surface area contributed by atoms with Crippen molar-refractivity contribution in [2.75, 3.05) is 0 Å². The van der Waals surface area contributed by atoms with Crippen LogP contribution in [0.4, 0.5) is 4.39 Å². The molecule has 24 heavy (non-hydrogen) atoms. The van der Waals surface area contributed by atoms with Gasteiger partial charge in [-0.15, -0.1) is 0 Å². The lowest BCUT2D eigenvalue weighted by molar-refractivity contribution is -0.136. The molecule has 6 nitrogen and oxygen atoms in total. The number of hydrogen-bond donors (Lipinski definition) is 4. The van der Waals surface area contributed by atoms with Crippen LogP contribution in [-0.2, 0) is 16.0 Å². The minimum atomic E-state index is -1.73. The van der Waals surface area contributed by atoms with E-state index >= 15 is 0 Å². The minimum absolute atomic E-state index is 0.0352. The molecule has 0 heterocycles. The Bertz CT molecular complexity index is 577. The Morgan fingerprint density at radius 2 is 2.04 bits per heavy atom. The third kappa shape index (κ3) is 6.64. The number of nitrogens with two attached hydrogens (primary N) is 2. The van der Waals surface area contributed by atoms with Crippen LogP contribution in [0.3, 0.4) is 0 Å². The van der Waals surface area contributed by atoms with E-state index < -0.39 is 29.4 Å². The second-order valence-corrected chi connectivity index (χ2v) is 6.15. The highest BCUT2D eigenvalue weighted by atomic mass is 19.1. The van der Waals surface area contributed by atoms with Gasteiger partial charge in [0.2, 0.25) is 11.8 Å². The molecule has 1 unspecified atom stereocenters. The fraction of sp³-hybridized carbons (Fsp3) is 0.471. The Morgan fingerprint density at radius 3 is 2.58 bits per heavy atom. The summed E-state index contributed by atoms with van der Waals surface area (Å²) >= 11 is 0. The zero-order chi connectivity index (χ0) is 18.3. The van der Waals surface area contributed by atoms with Crippen molar-refractivity contribution in [1.29, 1.82) is 0 Å². The van der Waals surface area contributed by atoms with Crippen molar-refractivity contribution in [3.05, 3.63) is 42.1 Å². The van der Waals surface area contributed by atoms with E-state index in [9.17, 15) is 24.2 Å². The number of hydrogen-bond acceptors (Lipinski definition) is 4. The van der Waals surface area contributed by atoms with Crippen molar-refractivity contribution < 1.29 is 24.2 Å². The SMILES string of the molecule is CC(O)(CC[C@H](C[C@@H](O)[CH]Cc1cccc(F)c1)C(N)=O)C(N)=O. The van der Waals surface area contributed by atoms with Gasteiger partial charge < -0.3 is 21.7 Å². The molecule has 0 saturated carbocycles. The molecular weight excluding hydrogens is 315 g/mol. The number of carbonyl (C=O) groups excluding carboxylic acids is 2. The summed E-state index contributed by atoms with van der Waals surface area (Å²) in [5.74, 6) is -2.59. The van der Waals surface area contributed by atoms with E-state index in [0.717, 1.165) is 0 Å². The van der Waals surface area contributed by atoms with Gasteiger partial charge in [0, 0.05) is 5.92 Å². The van der Waals surface area contributed by atoms with Gasteiger partial charge in [0.1, 0.15) is 11.4 Å². The normalized spacial score (nSPS) is 16.2. The number of aliphatic hydroxyl groups is 2. The first-order chi connectivity index (χ1) is 11.1. The zero-order valence-electron chi connectivity index (χ0n) is 13.6. The molecule has 6 N–H and O–H groups in total. The van der Waals surface area contributed by atoms with E-state index in [1.165, 1.54) is 19.1 Å². The topological polar surface area (TPSA) is 127 Å². The predicted octanol–water partition coefficient (Wildman–Crippen LogP) is 0.441. The molecule has 0 spiro atoms. The van der Waals surface area contributed by atoms with Crippen LogP contribution in [0.2, 0.25) is 0 Å². The van der Waals surface area contributed by atoms with Crippen molar-refractivity contribution in [2.45, 2.75) is 44.3 Å². The standard InChI is InChI=1S/C17H24FN2O4/c1-17(24,16(20)23)8-7-12(15(19)22)10-14(21)6-5-11-3-2-4-13(18)9-11/h2-4,6,9,12,14,21,24H,5,7-8,10H2,1H3,(H2,19,22)(H2,20,23)/t12-,14+,17?/m1/s1. The van der Waals surface area contributed by atoms with Gasteiger partial charge in [0.05, 0.1) is 6.10 Å². The Hall–Kier alpha value is -1.99. The first-order valence-corrected chi connectivity index (χ1v) is 7.69. The van der Waals surface area contributed by atoms with Crippen LogP contribution in [-0.4, -0.2) is 33.7 Å². The molecule has 133 valence electrons.